The maximum atomic E-state index is 5.22. The molecule has 0 atom stereocenters. The quantitative estimate of drug-likeness (QED) is 0.550. The average Bonchev–Trinajstić information content (AvgIpc) is 3.07. The summed E-state index contributed by atoms with van der Waals surface area (Å²) in [5, 5.41) is 0. The number of hydrogen-bond donors (Lipinski definition) is 0. The Kier molecular flexibility index (Phi) is 3.75. The average molecular weight is 314 g/mol. The lowest BCUT2D eigenvalue weighted by Gasteiger charge is -2.07. The van der Waals surface area contributed by atoms with E-state index in [1.54, 1.807) is 7.11 Å². The molecular weight excluding hydrogens is 296 g/mol. The molecule has 4 rings (SSSR count). The molecule has 3 heteroatoms. The first-order chi connectivity index (χ1) is 11.8. The van der Waals surface area contributed by atoms with Gasteiger partial charge in [-0.1, -0.05) is 36.4 Å². The van der Waals surface area contributed by atoms with E-state index in [1.165, 1.54) is 16.7 Å². The fourth-order valence-corrected chi connectivity index (χ4v) is 2.97. The predicted octanol–water partition coefficient (Wildman–Crippen LogP) is 4.60. The summed E-state index contributed by atoms with van der Waals surface area (Å²) >= 11 is 0. The Morgan fingerprint density at radius 2 is 1.79 bits per heavy atom. The highest BCUT2D eigenvalue weighted by Gasteiger charge is 2.06. The van der Waals surface area contributed by atoms with Crippen molar-refractivity contribution >= 4 is 5.65 Å². The minimum absolute atomic E-state index is 0.887. The molecule has 0 aliphatic rings. The maximum absolute atomic E-state index is 5.22. The zero-order chi connectivity index (χ0) is 16.4. The molecule has 2 aromatic heterocycles. The lowest BCUT2D eigenvalue weighted by atomic mass is 10.0. The molecule has 0 bridgehead atoms. The molecule has 0 N–H and O–H groups in total. The third kappa shape index (κ3) is 2.76. The van der Waals surface area contributed by atoms with Crippen molar-refractivity contribution in [2.75, 3.05) is 7.11 Å². The molecule has 118 valence electrons. The smallest absolute Gasteiger partial charge is 0.137 e. The third-order valence-corrected chi connectivity index (χ3v) is 4.21. The molecule has 0 aliphatic heterocycles. The lowest BCUT2D eigenvalue weighted by Crippen LogP contribution is -1.91. The van der Waals surface area contributed by atoms with Crippen molar-refractivity contribution in [3.8, 4) is 17.0 Å². The molecule has 0 saturated heterocycles. The number of pyridine rings is 1. The maximum Gasteiger partial charge on any atom is 0.137 e. The summed E-state index contributed by atoms with van der Waals surface area (Å²) in [6, 6.07) is 22.9. The summed E-state index contributed by atoms with van der Waals surface area (Å²) < 4.78 is 7.34. The highest BCUT2D eigenvalue weighted by molar-refractivity contribution is 5.64. The fraction of sp³-hybridized carbons (Fsp3) is 0.0952. The highest BCUT2D eigenvalue weighted by atomic mass is 16.5. The molecule has 0 aliphatic carbocycles. The van der Waals surface area contributed by atoms with Gasteiger partial charge < -0.3 is 4.74 Å². The van der Waals surface area contributed by atoms with E-state index in [9.17, 15) is 0 Å². The van der Waals surface area contributed by atoms with Crippen molar-refractivity contribution < 1.29 is 4.74 Å². The van der Waals surface area contributed by atoms with Crippen LogP contribution in [0.15, 0.2) is 79.1 Å². The first-order valence-electron chi connectivity index (χ1n) is 7.98. The van der Waals surface area contributed by atoms with Crippen molar-refractivity contribution in [1.29, 1.82) is 0 Å². The Morgan fingerprint density at radius 3 is 2.62 bits per heavy atom. The van der Waals surface area contributed by atoms with E-state index < -0.39 is 0 Å². The molecule has 0 radical (unpaired) electrons. The van der Waals surface area contributed by atoms with Crippen LogP contribution in [-0.4, -0.2) is 16.5 Å². The van der Waals surface area contributed by atoms with E-state index >= 15 is 0 Å². The Bertz CT molecular complexity index is 970. The molecule has 4 aromatic rings. The number of benzene rings is 2. The van der Waals surface area contributed by atoms with Crippen LogP contribution in [0.5, 0.6) is 5.75 Å². The van der Waals surface area contributed by atoms with Gasteiger partial charge in [-0.3, -0.25) is 4.40 Å². The zero-order valence-electron chi connectivity index (χ0n) is 13.5. The summed E-state index contributed by atoms with van der Waals surface area (Å²) in [4.78, 5) is 4.48. The first-order valence-corrected chi connectivity index (χ1v) is 7.98. The number of hydrogen-bond acceptors (Lipinski definition) is 2. The summed E-state index contributed by atoms with van der Waals surface area (Å²) in [7, 11) is 1.69. The molecule has 0 fully saturated rings. The number of aromatic nitrogens is 2. The van der Waals surface area contributed by atoms with Crippen molar-refractivity contribution in [1.82, 2.24) is 9.38 Å². The van der Waals surface area contributed by atoms with Crippen molar-refractivity contribution in [3.63, 3.8) is 0 Å². The van der Waals surface area contributed by atoms with Gasteiger partial charge in [0.1, 0.15) is 11.4 Å². The van der Waals surface area contributed by atoms with E-state index in [0.29, 0.717) is 0 Å². The minimum Gasteiger partial charge on any atom is -0.497 e. The van der Waals surface area contributed by atoms with E-state index in [0.717, 1.165) is 23.5 Å². The topological polar surface area (TPSA) is 26.5 Å². The molecule has 0 spiro atoms. The molecule has 2 heterocycles. The van der Waals surface area contributed by atoms with Gasteiger partial charge in [0.25, 0.3) is 0 Å². The lowest BCUT2D eigenvalue weighted by molar-refractivity contribution is 0.414. The van der Waals surface area contributed by atoms with Gasteiger partial charge in [0.05, 0.1) is 19.0 Å². The van der Waals surface area contributed by atoms with E-state index in [2.05, 4.69) is 45.8 Å². The van der Waals surface area contributed by atoms with Crippen LogP contribution in [0.2, 0.25) is 0 Å². The van der Waals surface area contributed by atoms with Gasteiger partial charge in [0.2, 0.25) is 0 Å². The second-order valence-corrected chi connectivity index (χ2v) is 5.80. The number of ether oxygens (including phenoxy) is 1. The Labute approximate surface area is 141 Å². The molecule has 0 amide bonds. The van der Waals surface area contributed by atoms with Crippen LogP contribution < -0.4 is 4.74 Å². The van der Waals surface area contributed by atoms with Crippen molar-refractivity contribution in [2.24, 2.45) is 0 Å². The van der Waals surface area contributed by atoms with Gasteiger partial charge in [0.15, 0.2) is 0 Å². The third-order valence-electron chi connectivity index (χ3n) is 4.21. The summed E-state index contributed by atoms with van der Waals surface area (Å²) in [6.45, 7) is 0. The second kappa shape index (κ2) is 6.20. The number of imidazole rings is 1. The monoisotopic (exact) mass is 314 g/mol. The molecule has 2 aromatic carbocycles. The van der Waals surface area contributed by atoms with E-state index in [-0.39, 0.29) is 0 Å². The van der Waals surface area contributed by atoms with Gasteiger partial charge in [-0.15, -0.1) is 0 Å². The SMILES string of the molecule is COc1ccc(Cc2cccc(-c3cnc4ccccn34)c2)cc1. The van der Waals surface area contributed by atoms with Crippen LogP contribution in [0.25, 0.3) is 16.9 Å². The van der Waals surface area contributed by atoms with Crippen LogP contribution in [0, 0.1) is 0 Å². The highest BCUT2D eigenvalue weighted by Crippen LogP contribution is 2.23. The first kappa shape index (κ1) is 14.5. The van der Waals surface area contributed by atoms with Gasteiger partial charge in [-0.25, -0.2) is 4.98 Å². The van der Waals surface area contributed by atoms with Gasteiger partial charge in [-0.2, -0.15) is 0 Å². The summed E-state index contributed by atoms with van der Waals surface area (Å²) in [5.74, 6) is 0.887. The van der Waals surface area contributed by atoms with Crippen LogP contribution >= 0.6 is 0 Å². The summed E-state index contributed by atoms with van der Waals surface area (Å²) in [6.07, 6.45) is 4.88. The predicted molar refractivity (Wildman–Crippen MR) is 96.4 cm³/mol. The number of rotatable bonds is 4. The van der Waals surface area contributed by atoms with Crippen LogP contribution in [0.4, 0.5) is 0 Å². The molecule has 3 nitrogen and oxygen atoms in total. The second-order valence-electron chi connectivity index (χ2n) is 5.80. The van der Waals surface area contributed by atoms with Crippen molar-refractivity contribution in [2.45, 2.75) is 6.42 Å². The van der Waals surface area contributed by atoms with E-state index in [1.807, 2.05) is 42.7 Å². The largest absolute Gasteiger partial charge is 0.497 e. The molecule has 24 heavy (non-hydrogen) atoms. The molecule has 0 saturated carbocycles. The Hall–Kier alpha value is -3.07. The van der Waals surface area contributed by atoms with Gasteiger partial charge in [-0.05, 0) is 47.9 Å². The normalized spacial score (nSPS) is 10.9. The number of fused-ring (bicyclic) bond motifs is 1. The van der Waals surface area contributed by atoms with E-state index in [4.69, 9.17) is 4.74 Å². The zero-order valence-corrected chi connectivity index (χ0v) is 13.5. The molecular formula is C21H18N2O. The number of nitrogens with zero attached hydrogens (tertiary/aromatic N) is 2. The fourth-order valence-electron chi connectivity index (χ4n) is 2.97. The van der Waals surface area contributed by atoms with Gasteiger partial charge in [0, 0.05) is 11.8 Å². The van der Waals surface area contributed by atoms with Crippen LogP contribution in [0.3, 0.4) is 0 Å². The summed E-state index contributed by atoms with van der Waals surface area (Å²) in [5.41, 5.74) is 5.81. The van der Waals surface area contributed by atoms with Gasteiger partial charge >= 0.3 is 0 Å². The Morgan fingerprint density at radius 1 is 0.917 bits per heavy atom. The number of methoxy groups -OCH3 is 1. The van der Waals surface area contributed by atoms with Crippen molar-refractivity contribution in [3.05, 3.63) is 90.3 Å². The standard InChI is InChI=1S/C21H18N2O/c1-24-19-10-8-16(9-11-19)13-17-5-4-6-18(14-17)20-15-22-21-7-2-3-12-23(20)21/h2-12,14-15H,13H2,1H3. The minimum atomic E-state index is 0.887. The van der Waals surface area contributed by atoms with Crippen LogP contribution in [0.1, 0.15) is 11.1 Å². The molecule has 0 unspecified atom stereocenters. The van der Waals surface area contributed by atoms with Crippen LogP contribution in [-0.2, 0) is 6.42 Å². The Balaban J connectivity index is 1.66.